The van der Waals surface area contributed by atoms with E-state index in [0.29, 0.717) is 0 Å². The molecule has 0 bridgehead atoms. The van der Waals surface area contributed by atoms with Gasteiger partial charge in [-0.05, 0) is 0 Å². The molecule has 8 heavy (non-hydrogen) atoms. The molecule has 0 saturated carbocycles. The van der Waals surface area contributed by atoms with Crippen LogP contribution in [0.1, 0.15) is 0 Å². The van der Waals surface area contributed by atoms with Crippen LogP contribution in [0.3, 0.4) is 0 Å². The summed E-state index contributed by atoms with van der Waals surface area (Å²) >= 11 is 2.35. The van der Waals surface area contributed by atoms with Gasteiger partial charge in [0, 0.05) is 0 Å². The van der Waals surface area contributed by atoms with Crippen molar-refractivity contribution in [3.63, 3.8) is 0 Å². The molecule has 0 aromatic heterocycles. The van der Waals surface area contributed by atoms with Gasteiger partial charge in [0.25, 0.3) is 0 Å². The highest BCUT2D eigenvalue weighted by atomic mass is 35.5. The van der Waals surface area contributed by atoms with E-state index in [2.05, 4.69) is 11.3 Å². The first-order chi connectivity index (χ1) is 3.50. The zero-order valence-electron chi connectivity index (χ0n) is 3.35. The first kappa shape index (κ1) is 8.83. The van der Waals surface area contributed by atoms with Crippen LogP contribution in [0, 0.1) is 0 Å². The highest BCUT2D eigenvalue weighted by Crippen LogP contribution is 2.23. The average Bonchev–Trinajstić information content (AvgIpc) is 1.90. The summed E-state index contributed by atoms with van der Waals surface area (Å²) in [6.07, 6.45) is 0. The van der Waals surface area contributed by atoms with Crippen LogP contribution in [-0.4, -0.2) is 0 Å². The minimum atomic E-state index is 0. The second kappa shape index (κ2) is 5.96. The van der Waals surface area contributed by atoms with E-state index in [1.807, 2.05) is 0 Å². The van der Waals surface area contributed by atoms with Crippen molar-refractivity contribution in [2.24, 2.45) is 11.3 Å². The van der Waals surface area contributed by atoms with Crippen LogP contribution in [0.4, 0.5) is 0 Å². The Hall–Kier alpha value is 0.830. The maximum atomic E-state index is 3.79. The smallest absolute Gasteiger partial charge is 0.529 e. The van der Waals surface area contributed by atoms with Gasteiger partial charge in [-0.15, -0.1) is 3.77 Å². The molecule has 1 heterocycles. The van der Waals surface area contributed by atoms with E-state index in [1.165, 1.54) is 45.1 Å². The van der Waals surface area contributed by atoms with E-state index in [9.17, 15) is 0 Å². The van der Waals surface area contributed by atoms with E-state index < -0.39 is 0 Å². The van der Waals surface area contributed by atoms with Crippen LogP contribution >= 0.6 is 22.0 Å². The summed E-state index contributed by atoms with van der Waals surface area (Å²) in [5.74, 6) is 0. The number of hydrogen-bond acceptors (Lipinski definition) is 5. The molecule has 1 rings (SSSR count). The van der Waals surface area contributed by atoms with Gasteiger partial charge in [-0.1, -0.05) is 0 Å². The topological polar surface area (TPSA) is 37.1 Å². The molecule has 8 heteroatoms. The average molecular weight is 206 g/mol. The highest BCUT2D eigenvalue weighted by molar-refractivity contribution is 8.76. The zero-order valence-corrected chi connectivity index (χ0v) is 7.37. The molecule has 0 fully saturated rings. The fourth-order valence-corrected chi connectivity index (χ4v) is 2.34. The van der Waals surface area contributed by atoms with Gasteiger partial charge in [0.1, 0.15) is 26.1 Å². The van der Waals surface area contributed by atoms with E-state index in [-0.39, 0.29) is 12.4 Å². The molecule has 0 saturated heterocycles. The molecular formula is ClN3S4. The normalized spacial score (nSPS) is 16.0. The fourth-order valence-electron chi connectivity index (χ4n) is 0.0966. The summed E-state index contributed by atoms with van der Waals surface area (Å²) in [5, 5.41) is 0. The van der Waals surface area contributed by atoms with Crippen LogP contribution in [0.5, 0.6) is 0 Å². The number of nitrogens with zero attached hydrogens (tertiary/aromatic N) is 3. The molecule has 0 N–H and O–H groups in total. The standard InChI is InChI=1S/ClH.N3S4/c;1-4-2-6-7-3-5-1/h1H;/q;+1/p-1. The Morgan fingerprint density at radius 2 is 2.12 bits per heavy atom. The van der Waals surface area contributed by atoms with Crippen LogP contribution < -0.4 is 12.4 Å². The van der Waals surface area contributed by atoms with Crippen LogP contribution in [0.2, 0.25) is 0 Å². The molecule has 0 aromatic rings. The van der Waals surface area contributed by atoms with Gasteiger partial charge >= 0.3 is 11.7 Å². The van der Waals surface area contributed by atoms with E-state index in [1.54, 1.807) is 0 Å². The van der Waals surface area contributed by atoms with Crippen molar-refractivity contribution in [1.29, 1.82) is 0 Å². The van der Waals surface area contributed by atoms with Crippen LogP contribution in [0.25, 0.3) is 0 Å². The first-order valence-corrected chi connectivity index (χ1v) is 4.79. The fraction of sp³-hybridized carbons (Fsp3) is 0. The van der Waals surface area contributed by atoms with Gasteiger partial charge in [-0.3, -0.25) is 0 Å². The summed E-state index contributed by atoms with van der Waals surface area (Å²) in [7, 11) is 2.68. The van der Waals surface area contributed by atoms with Gasteiger partial charge in [0.2, 0.25) is 0 Å². The number of halogens is 1. The Morgan fingerprint density at radius 1 is 1.25 bits per heavy atom. The maximum absolute atomic E-state index is 3.79. The van der Waals surface area contributed by atoms with Crippen LogP contribution in [0.15, 0.2) is 11.3 Å². The predicted octanol–water partition coefficient (Wildman–Crippen LogP) is -1.15. The monoisotopic (exact) mass is 205 g/mol. The highest BCUT2D eigenvalue weighted by Gasteiger charge is 1.94. The summed E-state index contributed by atoms with van der Waals surface area (Å²) < 4.78 is 11.3. The third kappa shape index (κ3) is 3.79. The molecular weight excluding hydrogens is 206 g/mol. The number of rotatable bonds is 0. The zero-order chi connectivity index (χ0) is 4.95. The van der Waals surface area contributed by atoms with Gasteiger partial charge in [0.15, 0.2) is 0 Å². The molecule has 0 aromatic carbocycles. The molecule has 0 atom stereocenters. The predicted molar refractivity (Wildman–Crippen MR) is 37.2 cm³/mol. The maximum Gasteiger partial charge on any atom is 0.529 e. The molecule has 0 unspecified atom stereocenters. The molecule has 0 spiro atoms. The quantitative estimate of drug-likeness (QED) is 0.285. The Labute approximate surface area is 68.6 Å². The summed E-state index contributed by atoms with van der Waals surface area (Å²) in [6, 6.07) is 0. The van der Waals surface area contributed by atoms with Crippen molar-refractivity contribution in [1.82, 2.24) is 0 Å². The third-order valence-electron chi connectivity index (χ3n) is 0.228. The lowest BCUT2D eigenvalue weighted by Gasteiger charge is -1.63. The summed E-state index contributed by atoms with van der Waals surface area (Å²) in [5.41, 5.74) is 0. The molecule has 1 aliphatic heterocycles. The minimum Gasteiger partial charge on any atom is -1.00 e. The largest absolute Gasteiger partial charge is 1.00 e. The lowest BCUT2D eigenvalue weighted by molar-refractivity contribution is -0.00000136. The first-order valence-electron chi connectivity index (χ1n) is 1.26. The molecule has 1 aliphatic rings. The number of hydrogen-bond donors (Lipinski definition) is 0. The SMILES string of the molecule is N1=S=N[S+]=NSS1.[Cl-]. The Morgan fingerprint density at radius 3 is 3.00 bits per heavy atom. The lowest BCUT2D eigenvalue weighted by Crippen LogP contribution is -3.00. The molecule has 3 nitrogen and oxygen atoms in total. The lowest BCUT2D eigenvalue weighted by atomic mass is 13.9. The molecule has 46 valence electrons. The van der Waals surface area contributed by atoms with Gasteiger partial charge in [0.05, 0.1) is 14.7 Å². The summed E-state index contributed by atoms with van der Waals surface area (Å²) in [4.78, 5) is 0. The van der Waals surface area contributed by atoms with Crippen molar-refractivity contribution < 1.29 is 12.4 Å². The van der Waals surface area contributed by atoms with Gasteiger partial charge < -0.3 is 12.4 Å². The van der Waals surface area contributed by atoms with Crippen LogP contribution in [-0.2, 0) is 23.1 Å². The Bertz CT molecular complexity index is 134. The van der Waals surface area contributed by atoms with Crippen molar-refractivity contribution in [3.05, 3.63) is 0 Å². The van der Waals surface area contributed by atoms with E-state index in [4.69, 9.17) is 0 Å². The van der Waals surface area contributed by atoms with Gasteiger partial charge in [-0.25, -0.2) is 0 Å². The van der Waals surface area contributed by atoms with E-state index in [0.717, 1.165) is 0 Å². The molecule has 0 amide bonds. The summed E-state index contributed by atoms with van der Waals surface area (Å²) in [6.45, 7) is 0. The minimum absolute atomic E-state index is 0. The van der Waals surface area contributed by atoms with Crippen molar-refractivity contribution in [2.75, 3.05) is 0 Å². The van der Waals surface area contributed by atoms with Gasteiger partial charge in [-0.2, -0.15) is 0 Å². The Balaban J connectivity index is 0.000000490. The van der Waals surface area contributed by atoms with Crippen molar-refractivity contribution >= 4 is 45.1 Å². The third-order valence-corrected chi connectivity index (χ3v) is 3.14. The molecule has 0 radical (unpaired) electrons. The van der Waals surface area contributed by atoms with E-state index >= 15 is 0 Å². The second-order valence-electron chi connectivity index (χ2n) is 0.536. The second-order valence-corrected chi connectivity index (χ2v) is 3.84. The Kier molecular flexibility index (Phi) is 6.58. The van der Waals surface area contributed by atoms with Crippen molar-refractivity contribution in [3.8, 4) is 0 Å². The molecule has 0 aliphatic carbocycles. The van der Waals surface area contributed by atoms with Crippen molar-refractivity contribution in [2.45, 2.75) is 0 Å².